The maximum Gasteiger partial charge on any atom is 0.0411 e. The number of aromatic nitrogens is 1. The Kier molecular flexibility index (Phi) is 4.66. The molecule has 0 saturated carbocycles. The van der Waals surface area contributed by atoms with Gasteiger partial charge in [0.2, 0.25) is 0 Å². The summed E-state index contributed by atoms with van der Waals surface area (Å²) in [4.78, 5) is 4.34. The summed E-state index contributed by atoms with van der Waals surface area (Å²) in [5, 5.41) is 0. The van der Waals surface area contributed by atoms with Crippen LogP contribution < -0.4 is 0 Å². The van der Waals surface area contributed by atoms with Crippen LogP contribution in [0.3, 0.4) is 0 Å². The summed E-state index contributed by atoms with van der Waals surface area (Å²) >= 11 is 2.06. The molecule has 2 rings (SSSR count). The highest BCUT2D eigenvalue weighted by molar-refractivity contribution is 7.99. The van der Waals surface area contributed by atoms with Gasteiger partial charge in [-0.3, -0.25) is 4.98 Å². The normalized spacial score (nSPS) is 23.1. The van der Waals surface area contributed by atoms with Gasteiger partial charge in [-0.2, -0.15) is 11.8 Å². The summed E-state index contributed by atoms with van der Waals surface area (Å²) in [7, 11) is 0. The zero-order valence-corrected chi connectivity index (χ0v) is 11.4. The molecule has 17 heavy (non-hydrogen) atoms. The molecular weight excluding hydrogens is 226 g/mol. The molecule has 1 aliphatic rings. The van der Waals surface area contributed by atoms with Crippen molar-refractivity contribution in [1.82, 2.24) is 4.98 Å². The van der Waals surface area contributed by atoms with Crippen LogP contribution in [-0.4, -0.2) is 16.5 Å². The van der Waals surface area contributed by atoms with E-state index in [-0.39, 0.29) is 0 Å². The van der Waals surface area contributed by atoms with E-state index in [2.05, 4.69) is 48.0 Å². The molecule has 1 heterocycles. The molecule has 0 aliphatic heterocycles. The average molecular weight is 247 g/mol. The maximum atomic E-state index is 4.34. The van der Waals surface area contributed by atoms with Crippen molar-refractivity contribution in [2.24, 2.45) is 5.41 Å². The number of pyridine rings is 1. The Morgan fingerprint density at radius 3 is 3.00 bits per heavy atom. The van der Waals surface area contributed by atoms with Gasteiger partial charge in [0.25, 0.3) is 0 Å². The van der Waals surface area contributed by atoms with Crippen LogP contribution in [0.5, 0.6) is 0 Å². The van der Waals surface area contributed by atoms with E-state index in [0.717, 1.165) is 6.42 Å². The number of hydrogen-bond acceptors (Lipinski definition) is 2. The third-order valence-electron chi connectivity index (χ3n) is 3.45. The van der Waals surface area contributed by atoms with Gasteiger partial charge in [0.05, 0.1) is 0 Å². The van der Waals surface area contributed by atoms with E-state index >= 15 is 0 Å². The van der Waals surface area contributed by atoms with Crippen molar-refractivity contribution in [2.45, 2.75) is 32.6 Å². The number of aryl methyl sites for hydroxylation is 1. The molecule has 0 fully saturated rings. The summed E-state index contributed by atoms with van der Waals surface area (Å²) < 4.78 is 0. The first-order valence-electron chi connectivity index (χ1n) is 6.44. The number of thioether (sulfide) groups is 1. The second kappa shape index (κ2) is 6.25. The Bertz CT molecular complexity index is 360. The van der Waals surface area contributed by atoms with Crippen molar-refractivity contribution in [1.29, 1.82) is 0 Å². The van der Waals surface area contributed by atoms with Crippen molar-refractivity contribution >= 4 is 11.8 Å². The van der Waals surface area contributed by atoms with Gasteiger partial charge < -0.3 is 0 Å². The van der Waals surface area contributed by atoms with Crippen molar-refractivity contribution in [2.75, 3.05) is 11.5 Å². The monoisotopic (exact) mass is 247 g/mol. The van der Waals surface area contributed by atoms with E-state index in [4.69, 9.17) is 0 Å². The number of hydrogen-bond donors (Lipinski definition) is 0. The number of allylic oxidation sites excluding steroid dienone is 2. The highest BCUT2D eigenvalue weighted by Crippen LogP contribution is 2.35. The molecule has 0 bridgehead atoms. The highest BCUT2D eigenvalue weighted by Gasteiger charge is 2.22. The van der Waals surface area contributed by atoms with Crippen molar-refractivity contribution < 1.29 is 0 Å². The third kappa shape index (κ3) is 4.19. The molecule has 0 saturated heterocycles. The second-order valence-electron chi connectivity index (χ2n) is 5.03. The molecule has 2 heteroatoms. The van der Waals surface area contributed by atoms with E-state index in [1.54, 1.807) is 0 Å². The van der Waals surface area contributed by atoms with Crippen LogP contribution in [0, 0.1) is 5.41 Å². The van der Waals surface area contributed by atoms with Crippen LogP contribution in [0.4, 0.5) is 0 Å². The van der Waals surface area contributed by atoms with Gasteiger partial charge in [0.1, 0.15) is 0 Å². The fraction of sp³-hybridized carbons (Fsp3) is 0.533. The van der Waals surface area contributed by atoms with Gasteiger partial charge in [-0.25, -0.2) is 0 Å². The topological polar surface area (TPSA) is 12.9 Å². The van der Waals surface area contributed by atoms with Crippen LogP contribution in [0.1, 0.15) is 31.9 Å². The fourth-order valence-electron chi connectivity index (χ4n) is 2.20. The lowest BCUT2D eigenvalue weighted by molar-refractivity contribution is 0.407. The standard InChI is InChI=1S/C15H21NS/c1-15(8-3-4-9-15)10-13-17-12-7-14-6-2-5-11-16-14/h2-3,5-6,8,11H,4,7,9-10,12-13H2,1H3/t15-/m0/s1. The van der Waals surface area contributed by atoms with Crippen molar-refractivity contribution in [3.05, 3.63) is 42.2 Å². The summed E-state index contributed by atoms with van der Waals surface area (Å²) in [6.45, 7) is 2.38. The predicted molar refractivity (Wildman–Crippen MR) is 76.4 cm³/mol. The molecule has 1 aromatic rings. The SMILES string of the molecule is C[C@]1(CCSCCc2ccccn2)C=CCC1. The van der Waals surface area contributed by atoms with Gasteiger partial charge in [-0.1, -0.05) is 25.1 Å². The molecule has 0 amide bonds. The lowest BCUT2D eigenvalue weighted by Gasteiger charge is -2.21. The van der Waals surface area contributed by atoms with E-state index in [9.17, 15) is 0 Å². The van der Waals surface area contributed by atoms with E-state index in [1.807, 2.05) is 12.3 Å². The molecular formula is C15H21NS. The molecule has 1 aromatic heterocycles. The average Bonchev–Trinajstić information content (AvgIpc) is 2.77. The Hall–Kier alpha value is -0.760. The van der Waals surface area contributed by atoms with Crippen molar-refractivity contribution in [3.63, 3.8) is 0 Å². The molecule has 0 unspecified atom stereocenters. The van der Waals surface area contributed by atoms with E-state index < -0.39 is 0 Å². The molecule has 0 aromatic carbocycles. The first-order valence-corrected chi connectivity index (χ1v) is 7.59. The summed E-state index contributed by atoms with van der Waals surface area (Å²) in [5.74, 6) is 2.46. The van der Waals surface area contributed by atoms with Crippen LogP contribution >= 0.6 is 11.8 Å². The Morgan fingerprint density at radius 1 is 1.35 bits per heavy atom. The van der Waals surface area contributed by atoms with Crippen LogP contribution in [-0.2, 0) is 6.42 Å². The number of nitrogens with zero attached hydrogens (tertiary/aromatic N) is 1. The Morgan fingerprint density at radius 2 is 2.29 bits per heavy atom. The Balaban J connectivity index is 1.59. The first-order chi connectivity index (χ1) is 8.29. The van der Waals surface area contributed by atoms with E-state index in [1.165, 1.54) is 36.5 Å². The molecule has 0 N–H and O–H groups in total. The first kappa shape index (κ1) is 12.7. The van der Waals surface area contributed by atoms with Gasteiger partial charge in [0, 0.05) is 11.9 Å². The molecule has 1 nitrogen and oxygen atoms in total. The lowest BCUT2D eigenvalue weighted by atomic mass is 9.87. The van der Waals surface area contributed by atoms with Gasteiger partial charge in [0.15, 0.2) is 0 Å². The lowest BCUT2D eigenvalue weighted by Crippen LogP contribution is -2.10. The van der Waals surface area contributed by atoms with Crippen LogP contribution in [0.2, 0.25) is 0 Å². The molecule has 0 spiro atoms. The summed E-state index contributed by atoms with van der Waals surface area (Å²) in [6, 6.07) is 6.16. The largest absolute Gasteiger partial charge is 0.261 e. The molecule has 0 radical (unpaired) electrons. The fourth-order valence-corrected chi connectivity index (χ4v) is 3.37. The van der Waals surface area contributed by atoms with E-state index in [0.29, 0.717) is 5.41 Å². The second-order valence-corrected chi connectivity index (χ2v) is 6.25. The Labute approximate surface area is 109 Å². The zero-order valence-electron chi connectivity index (χ0n) is 10.6. The van der Waals surface area contributed by atoms with Gasteiger partial charge >= 0.3 is 0 Å². The van der Waals surface area contributed by atoms with Gasteiger partial charge in [-0.05, 0) is 54.7 Å². The minimum atomic E-state index is 0.484. The highest BCUT2D eigenvalue weighted by atomic mass is 32.2. The summed E-state index contributed by atoms with van der Waals surface area (Å²) in [5.41, 5.74) is 1.70. The van der Waals surface area contributed by atoms with Crippen LogP contribution in [0.25, 0.3) is 0 Å². The van der Waals surface area contributed by atoms with Crippen LogP contribution in [0.15, 0.2) is 36.5 Å². The number of rotatable bonds is 6. The molecule has 92 valence electrons. The molecule has 1 aliphatic carbocycles. The maximum absolute atomic E-state index is 4.34. The van der Waals surface area contributed by atoms with Crippen molar-refractivity contribution in [3.8, 4) is 0 Å². The van der Waals surface area contributed by atoms with Gasteiger partial charge in [-0.15, -0.1) is 0 Å². The summed E-state index contributed by atoms with van der Waals surface area (Å²) in [6.07, 6.45) is 11.6. The predicted octanol–water partition coefficient (Wildman–Crippen LogP) is 4.10. The molecule has 1 atom stereocenters. The third-order valence-corrected chi connectivity index (χ3v) is 4.43. The smallest absolute Gasteiger partial charge is 0.0411 e. The zero-order chi connectivity index (χ0) is 12.0. The minimum Gasteiger partial charge on any atom is -0.261 e. The minimum absolute atomic E-state index is 0.484. The quantitative estimate of drug-likeness (QED) is 0.554.